The molecule has 0 aliphatic carbocycles. The summed E-state index contributed by atoms with van der Waals surface area (Å²) in [6.45, 7) is 3.54. The predicted octanol–water partition coefficient (Wildman–Crippen LogP) is 0.0380. The van der Waals surface area contributed by atoms with Crippen LogP contribution in [0.4, 0.5) is 13.2 Å². The summed E-state index contributed by atoms with van der Waals surface area (Å²) in [5.41, 5.74) is 0. The summed E-state index contributed by atoms with van der Waals surface area (Å²) in [7, 11) is 0. The summed E-state index contributed by atoms with van der Waals surface area (Å²) >= 11 is 0. The van der Waals surface area contributed by atoms with E-state index in [1.807, 2.05) is 13.8 Å². The van der Waals surface area contributed by atoms with Gasteiger partial charge in [0.25, 0.3) is 0 Å². The van der Waals surface area contributed by atoms with E-state index >= 15 is 0 Å². The summed E-state index contributed by atoms with van der Waals surface area (Å²) in [5, 5.41) is 4.06. The normalized spacial score (nSPS) is 19.0. The highest BCUT2D eigenvalue weighted by atomic mass is 19.4. The van der Waals surface area contributed by atoms with E-state index in [0.717, 1.165) is 0 Å². The zero-order chi connectivity index (χ0) is 16.2. The summed E-state index contributed by atoms with van der Waals surface area (Å²) in [6.07, 6.45) is -4.83. The summed E-state index contributed by atoms with van der Waals surface area (Å²) in [5.74, 6) is -3.06. The van der Waals surface area contributed by atoms with Crippen molar-refractivity contribution in [2.75, 3.05) is 19.6 Å². The molecule has 0 bridgehead atoms. The molecule has 1 heterocycles. The molecule has 1 saturated heterocycles. The number of hydrogen-bond donors (Lipinski definition) is 2. The van der Waals surface area contributed by atoms with Crippen molar-refractivity contribution in [2.24, 2.45) is 5.92 Å². The molecular weight excluding hydrogens is 291 g/mol. The third-order valence-corrected chi connectivity index (χ3v) is 3.12. The Bertz CT molecular complexity index is 424. The van der Waals surface area contributed by atoms with Crippen LogP contribution in [-0.2, 0) is 14.4 Å². The second-order valence-corrected chi connectivity index (χ2v) is 5.09. The van der Waals surface area contributed by atoms with Gasteiger partial charge in [-0.15, -0.1) is 0 Å². The number of halogens is 3. The highest BCUT2D eigenvalue weighted by Crippen LogP contribution is 2.20. The first-order valence-corrected chi connectivity index (χ1v) is 6.55. The largest absolute Gasteiger partial charge is 0.471 e. The van der Waals surface area contributed by atoms with Gasteiger partial charge in [-0.25, -0.2) is 0 Å². The van der Waals surface area contributed by atoms with Gasteiger partial charge in [-0.05, 0) is 13.8 Å². The predicted molar refractivity (Wildman–Crippen MR) is 67.0 cm³/mol. The van der Waals surface area contributed by atoms with Crippen molar-refractivity contribution in [3.63, 3.8) is 0 Å². The Hall–Kier alpha value is -1.80. The van der Waals surface area contributed by atoms with Gasteiger partial charge in [-0.1, -0.05) is 0 Å². The minimum absolute atomic E-state index is 0.00127. The van der Waals surface area contributed by atoms with E-state index in [1.54, 1.807) is 10.2 Å². The molecule has 1 rings (SSSR count). The Balaban J connectivity index is 2.30. The zero-order valence-electron chi connectivity index (χ0n) is 11.8. The first-order chi connectivity index (χ1) is 9.62. The van der Waals surface area contributed by atoms with Crippen molar-refractivity contribution in [3.8, 4) is 0 Å². The number of alkyl halides is 3. The number of rotatable bonds is 5. The van der Waals surface area contributed by atoms with E-state index < -0.39 is 23.9 Å². The van der Waals surface area contributed by atoms with Gasteiger partial charge in [0.2, 0.25) is 11.8 Å². The number of nitrogens with one attached hydrogen (secondary N) is 2. The molecule has 3 amide bonds. The van der Waals surface area contributed by atoms with Gasteiger partial charge in [-0.2, -0.15) is 13.2 Å². The van der Waals surface area contributed by atoms with E-state index in [0.29, 0.717) is 6.54 Å². The van der Waals surface area contributed by atoms with Crippen LogP contribution in [0.1, 0.15) is 20.3 Å². The van der Waals surface area contributed by atoms with Crippen LogP contribution in [0, 0.1) is 5.92 Å². The van der Waals surface area contributed by atoms with Crippen LogP contribution in [0.5, 0.6) is 0 Å². The van der Waals surface area contributed by atoms with Crippen molar-refractivity contribution in [1.29, 1.82) is 0 Å². The summed E-state index contributed by atoms with van der Waals surface area (Å²) in [6, 6.07) is 0.00127. The number of carbonyl (C=O) groups is 3. The Morgan fingerprint density at radius 1 is 1.29 bits per heavy atom. The molecule has 0 aromatic heterocycles. The minimum Gasteiger partial charge on any atom is -0.354 e. The lowest BCUT2D eigenvalue weighted by Crippen LogP contribution is -2.42. The van der Waals surface area contributed by atoms with Crippen LogP contribution in [0.25, 0.3) is 0 Å². The van der Waals surface area contributed by atoms with Crippen molar-refractivity contribution < 1.29 is 27.6 Å². The van der Waals surface area contributed by atoms with Crippen molar-refractivity contribution in [1.82, 2.24) is 15.5 Å². The quantitative estimate of drug-likeness (QED) is 0.704. The Morgan fingerprint density at radius 2 is 1.86 bits per heavy atom. The van der Waals surface area contributed by atoms with Crippen molar-refractivity contribution in [3.05, 3.63) is 0 Å². The van der Waals surface area contributed by atoms with Crippen LogP contribution < -0.4 is 10.6 Å². The molecule has 0 spiro atoms. The van der Waals surface area contributed by atoms with E-state index in [1.165, 1.54) is 0 Å². The van der Waals surface area contributed by atoms with Gasteiger partial charge in [0, 0.05) is 32.1 Å². The highest BCUT2D eigenvalue weighted by molar-refractivity contribution is 5.89. The second kappa shape index (κ2) is 6.77. The molecular formula is C12H18F3N3O3. The van der Waals surface area contributed by atoms with Crippen molar-refractivity contribution >= 4 is 17.7 Å². The van der Waals surface area contributed by atoms with E-state index in [4.69, 9.17) is 0 Å². The van der Waals surface area contributed by atoms with Crippen LogP contribution in [0.3, 0.4) is 0 Å². The van der Waals surface area contributed by atoms with Crippen LogP contribution in [0.2, 0.25) is 0 Å². The molecule has 0 aromatic rings. The van der Waals surface area contributed by atoms with E-state index in [-0.39, 0.29) is 31.5 Å². The van der Waals surface area contributed by atoms with Gasteiger partial charge in [0.1, 0.15) is 0 Å². The van der Waals surface area contributed by atoms with Crippen LogP contribution >= 0.6 is 0 Å². The lowest BCUT2D eigenvalue weighted by atomic mass is 10.1. The molecule has 1 aliphatic rings. The maximum atomic E-state index is 11.9. The maximum absolute atomic E-state index is 11.9. The molecule has 1 fully saturated rings. The van der Waals surface area contributed by atoms with Crippen LogP contribution in [-0.4, -0.2) is 54.5 Å². The molecule has 1 atom stereocenters. The molecule has 21 heavy (non-hydrogen) atoms. The number of amides is 3. The molecule has 0 radical (unpaired) electrons. The Kier molecular flexibility index (Phi) is 5.56. The monoisotopic (exact) mass is 309 g/mol. The zero-order valence-corrected chi connectivity index (χ0v) is 11.8. The highest BCUT2D eigenvalue weighted by Gasteiger charge is 2.38. The number of carbonyl (C=O) groups excluding carboxylic acids is 3. The molecule has 120 valence electrons. The van der Waals surface area contributed by atoms with Gasteiger partial charge in [-0.3, -0.25) is 14.4 Å². The number of nitrogens with zero attached hydrogens (tertiary/aromatic N) is 1. The Morgan fingerprint density at radius 3 is 2.33 bits per heavy atom. The molecule has 6 nitrogen and oxygen atoms in total. The van der Waals surface area contributed by atoms with Crippen LogP contribution in [0.15, 0.2) is 0 Å². The third kappa shape index (κ3) is 4.91. The first kappa shape index (κ1) is 17.3. The van der Waals surface area contributed by atoms with Gasteiger partial charge in [0.05, 0.1) is 5.92 Å². The lowest BCUT2D eigenvalue weighted by Gasteiger charge is -2.20. The second-order valence-electron chi connectivity index (χ2n) is 5.09. The smallest absolute Gasteiger partial charge is 0.354 e. The van der Waals surface area contributed by atoms with E-state index in [2.05, 4.69) is 5.32 Å². The average molecular weight is 309 g/mol. The number of likely N-dealkylation sites (tertiary alicyclic amines) is 1. The standard InChI is InChI=1S/C12H18F3N3O3/c1-7(2)18-6-8(5-9(18)19)10(20)16-3-4-17-11(21)12(13,14)15/h7-8H,3-6H2,1-2H3,(H,16,20)(H,17,21). The maximum Gasteiger partial charge on any atom is 0.471 e. The molecule has 9 heteroatoms. The number of hydrogen-bond acceptors (Lipinski definition) is 3. The van der Waals surface area contributed by atoms with Gasteiger partial charge >= 0.3 is 12.1 Å². The fraction of sp³-hybridized carbons (Fsp3) is 0.750. The van der Waals surface area contributed by atoms with Gasteiger partial charge < -0.3 is 15.5 Å². The Labute approximate surface area is 120 Å². The molecule has 0 saturated carbocycles. The topological polar surface area (TPSA) is 78.5 Å². The minimum atomic E-state index is -4.93. The van der Waals surface area contributed by atoms with Crippen molar-refractivity contribution in [2.45, 2.75) is 32.5 Å². The lowest BCUT2D eigenvalue weighted by molar-refractivity contribution is -0.173. The third-order valence-electron chi connectivity index (χ3n) is 3.12. The first-order valence-electron chi connectivity index (χ1n) is 6.55. The molecule has 1 unspecified atom stereocenters. The SMILES string of the molecule is CC(C)N1CC(C(=O)NCCNC(=O)C(F)(F)F)CC1=O. The fourth-order valence-electron chi connectivity index (χ4n) is 2.01. The fourth-order valence-corrected chi connectivity index (χ4v) is 2.01. The average Bonchev–Trinajstić information content (AvgIpc) is 2.75. The van der Waals surface area contributed by atoms with E-state index in [9.17, 15) is 27.6 Å². The van der Waals surface area contributed by atoms with Gasteiger partial charge in [0.15, 0.2) is 0 Å². The summed E-state index contributed by atoms with van der Waals surface area (Å²) in [4.78, 5) is 35.5. The summed E-state index contributed by atoms with van der Waals surface area (Å²) < 4.78 is 35.7. The molecule has 0 aromatic carbocycles. The molecule has 2 N–H and O–H groups in total. The molecule has 1 aliphatic heterocycles.